The van der Waals surface area contributed by atoms with Crippen LogP contribution in [0.4, 0.5) is 0 Å². The van der Waals surface area contributed by atoms with Crippen molar-refractivity contribution in [2.75, 3.05) is 6.54 Å². The average Bonchev–Trinajstić information content (AvgIpc) is 2.79. The molecule has 0 aromatic rings. The van der Waals surface area contributed by atoms with Gasteiger partial charge in [-0.15, -0.1) is 24.8 Å². The van der Waals surface area contributed by atoms with E-state index in [2.05, 4.69) is 29.3 Å². The highest BCUT2D eigenvalue weighted by molar-refractivity contribution is 5.85. The van der Waals surface area contributed by atoms with E-state index in [9.17, 15) is 0 Å². The van der Waals surface area contributed by atoms with Crippen molar-refractivity contribution in [2.45, 2.75) is 31.3 Å². The lowest BCUT2D eigenvalue weighted by Crippen LogP contribution is -2.49. The Balaban J connectivity index is 0.000000640. The lowest BCUT2D eigenvalue weighted by atomic mass is 9.90. The molecule has 92 valence electrons. The fourth-order valence-corrected chi connectivity index (χ4v) is 3.50. The van der Waals surface area contributed by atoms with E-state index in [0.717, 1.165) is 18.4 Å². The van der Waals surface area contributed by atoms with Crippen LogP contribution in [0.3, 0.4) is 0 Å². The molecule has 2 bridgehead atoms. The third kappa shape index (κ3) is 2.11. The molecule has 4 heteroatoms. The van der Waals surface area contributed by atoms with E-state index in [-0.39, 0.29) is 24.8 Å². The molecule has 0 saturated heterocycles. The summed E-state index contributed by atoms with van der Waals surface area (Å²) >= 11 is 0. The van der Waals surface area contributed by atoms with Crippen LogP contribution in [0.1, 0.15) is 19.3 Å². The van der Waals surface area contributed by atoms with Crippen LogP contribution in [-0.2, 0) is 0 Å². The first-order valence-electron chi connectivity index (χ1n) is 5.71. The summed E-state index contributed by atoms with van der Waals surface area (Å²) in [6.45, 7) is 1.05. The average molecular weight is 263 g/mol. The predicted molar refractivity (Wildman–Crippen MR) is 72.1 cm³/mol. The largest absolute Gasteiger partial charge is 0.369 e. The highest BCUT2D eigenvalue weighted by Crippen LogP contribution is 2.46. The molecule has 0 radical (unpaired) electrons. The number of rotatable bonds is 1. The zero-order valence-corrected chi connectivity index (χ0v) is 10.9. The first kappa shape index (κ1) is 13.9. The Kier molecular flexibility index (Phi) is 4.72. The molecule has 0 aromatic carbocycles. The number of fused-ring (bicyclic) bond motifs is 2. The molecule has 3 rings (SSSR count). The summed E-state index contributed by atoms with van der Waals surface area (Å²) in [7, 11) is 0. The van der Waals surface area contributed by atoms with Gasteiger partial charge in [-0.1, -0.05) is 12.2 Å². The first-order chi connectivity index (χ1) is 6.86. The highest BCUT2D eigenvalue weighted by Gasteiger charge is 2.47. The van der Waals surface area contributed by atoms with Gasteiger partial charge in [0.1, 0.15) is 0 Å². The maximum Gasteiger partial charge on any atom is 0.0470 e. The standard InChI is InChI=1S/C12H18N2.2ClH/c13-11-9-4-5-10(8-9)12(11)14-6-2-1-3-7-14;;/h1-3,6,9-12H,4-5,7-8,13H2;2*1H. The molecule has 2 fully saturated rings. The van der Waals surface area contributed by atoms with E-state index in [4.69, 9.17) is 5.73 Å². The van der Waals surface area contributed by atoms with Gasteiger partial charge < -0.3 is 10.6 Å². The van der Waals surface area contributed by atoms with E-state index in [0.29, 0.717) is 12.1 Å². The summed E-state index contributed by atoms with van der Waals surface area (Å²) in [6.07, 6.45) is 12.8. The molecular formula is C12H20Cl2N2. The van der Waals surface area contributed by atoms with Gasteiger partial charge in [0.25, 0.3) is 0 Å². The van der Waals surface area contributed by atoms with Crippen LogP contribution < -0.4 is 5.73 Å². The molecule has 4 atom stereocenters. The van der Waals surface area contributed by atoms with Crippen molar-refractivity contribution in [3.63, 3.8) is 0 Å². The van der Waals surface area contributed by atoms with E-state index in [1.165, 1.54) is 19.3 Å². The fourth-order valence-electron chi connectivity index (χ4n) is 3.50. The van der Waals surface area contributed by atoms with Gasteiger partial charge in [-0.2, -0.15) is 0 Å². The third-order valence-corrected chi connectivity index (χ3v) is 4.16. The molecular weight excluding hydrogens is 243 g/mol. The van der Waals surface area contributed by atoms with Gasteiger partial charge in [-0.25, -0.2) is 0 Å². The van der Waals surface area contributed by atoms with Crippen molar-refractivity contribution in [2.24, 2.45) is 17.6 Å². The second-order valence-corrected chi connectivity index (χ2v) is 4.87. The summed E-state index contributed by atoms with van der Waals surface area (Å²) in [6, 6.07) is 1.04. The van der Waals surface area contributed by atoms with Crippen LogP contribution in [-0.4, -0.2) is 23.5 Å². The molecule has 2 aliphatic carbocycles. The van der Waals surface area contributed by atoms with Crippen LogP contribution in [0, 0.1) is 11.8 Å². The van der Waals surface area contributed by atoms with E-state index < -0.39 is 0 Å². The topological polar surface area (TPSA) is 29.3 Å². The van der Waals surface area contributed by atoms with Gasteiger partial charge in [0.05, 0.1) is 0 Å². The first-order valence-corrected chi connectivity index (χ1v) is 5.71. The SMILES string of the molecule is Cl.Cl.NC1C2CCC(C2)C1N1C=CC=CC1. The lowest BCUT2D eigenvalue weighted by molar-refractivity contribution is 0.191. The summed E-state index contributed by atoms with van der Waals surface area (Å²) in [5, 5.41) is 0. The summed E-state index contributed by atoms with van der Waals surface area (Å²) in [5.74, 6) is 1.68. The van der Waals surface area contributed by atoms with Crippen LogP contribution in [0.5, 0.6) is 0 Å². The summed E-state index contributed by atoms with van der Waals surface area (Å²) < 4.78 is 0. The van der Waals surface area contributed by atoms with Crippen LogP contribution in [0.2, 0.25) is 0 Å². The Hall–Kier alpha value is -0.180. The molecule has 2 nitrogen and oxygen atoms in total. The zero-order chi connectivity index (χ0) is 9.54. The number of nitrogens with zero attached hydrogens (tertiary/aromatic N) is 1. The van der Waals surface area contributed by atoms with Gasteiger partial charge in [-0.3, -0.25) is 0 Å². The second-order valence-electron chi connectivity index (χ2n) is 4.87. The maximum absolute atomic E-state index is 6.30. The maximum atomic E-state index is 6.30. The van der Waals surface area contributed by atoms with E-state index >= 15 is 0 Å². The number of nitrogens with two attached hydrogens (primary N) is 1. The van der Waals surface area contributed by atoms with Crippen molar-refractivity contribution in [3.05, 3.63) is 24.4 Å². The van der Waals surface area contributed by atoms with Gasteiger partial charge in [0.15, 0.2) is 0 Å². The smallest absolute Gasteiger partial charge is 0.0470 e. The van der Waals surface area contributed by atoms with Gasteiger partial charge in [-0.05, 0) is 43.4 Å². The van der Waals surface area contributed by atoms with E-state index in [1.807, 2.05) is 0 Å². The minimum atomic E-state index is 0. The molecule has 3 aliphatic rings. The normalized spacial score (nSPS) is 39.4. The van der Waals surface area contributed by atoms with Gasteiger partial charge in [0.2, 0.25) is 0 Å². The fraction of sp³-hybridized carbons (Fsp3) is 0.667. The minimum absolute atomic E-state index is 0. The number of halogens is 2. The number of hydrogen-bond acceptors (Lipinski definition) is 2. The quantitative estimate of drug-likeness (QED) is 0.786. The highest BCUT2D eigenvalue weighted by atomic mass is 35.5. The molecule has 0 spiro atoms. The van der Waals surface area contributed by atoms with Crippen molar-refractivity contribution in [1.82, 2.24) is 4.90 Å². The summed E-state index contributed by atoms with van der Waals surface area (Å²) in [4.78, 5) is 2.44. The zero-order valence-electron chi connectivity index (χ0n) is 9.29. The van der Waals surface area contributed by atoms with Crippen molar-refractivity contribution in [1.29, 1.82) is 0 Å². The minimum Gasteiger partial charge on any atom is -0.369 e. The second kappa shape index (κ2) is 5.44. The number of allylic oxidation sites excluding steroid dienone is 2. The predicted octanol–water partition coefficient (Wildman–Crippen LogP) is 2.34. The molecule has 2 N–H and O–H groups in total. The summed E-state index contributed by atoms with van der Waals surface area (Å²) in [5.41, 5.74) is 6.30. The Bertz CT molecular complexity index is 289. The van der Waals surface area contributed by atoms with Crippen LogP contribution >= 0.6 is 24.8 Å². The monoisotopic (exact) mass is 262 g/mol. The molecule has 16 heavy (non-hydrogen) atoms. The van der Waals surface area contributed by atoms with Gasteiger partial charge >= 0.3 is 0 Å². The Morgan fingerprint density at radius 1 is 1.06 bits per heavy atom. The Labute approximate surface area is 110 Å². The molecule has 0 aromatic heterocycles. The number of hydrogen-bond donors (Lipinski definition) is 1. The third-order valence-electron chi connectivity index (χ3n) is 4.16. The molecule has 1 heterocycles. The Morgan fingerprint density at radius 3 is 2.38 bits per heavy atom. The van der Waals surface area contributed by atoms with Crippen molar-refractivity contribution >= 4 is 24.8 Å². The molecule has 4 unspecified atom stereocenters. The van der Waals surface area contributed by atoms with Crippen molar-refractivity contribution in [3.8, 4) is 0 Å². The van der Waals surface area contributed by atoms with Crippen LogP contribution in [0.25, 0.3) is 0 Å². The molecule has 0 amide bonds. The molecule has 2 saturated carbocycles. The molecule has 1 aliphatic heterocycles. The Morgan fingerprint density at radius 2 is 1.81 bits per heavy atom. The lowest BCUT2D eigenvalue weighted by Gasteiger charge is -2.37. The van der Waals surface area contributed by atoms with Crippen molar-refractivity contribution < 1.29 is 0 Å². The van der Waals surface area contributed by atoms with E-state index in [1.54, 1.807) is 0 Å². The van der Waals surface area contributed by atoms with Gasteiger partial charge in [0, 0.05) is 18.6 Å². The van der Waals surface area contributed by atoms with Crippen LogP contribution in [0.15, 0.2) is 24.4 Å².